The summed E-state index contributed by atoms with van der Waals surface area (Å²) >= 11 is 1.28. The Labute approximate surface area is 149 Å². The summed E-state index contributed by atoms with van der Waals surface area (Å²) in [6.07, 6.45) is -1.14. The Morgan fingerprint density at radius 1 is 1.24 bits per heavy atom. The predicted molar refractivity (Wildman–Crippen MR) is 93.1 cm³/mol. The maximum Gasteiger partial charge on any atom is 0.256 e. The molecule has 6 nitrogen and oxygen atoms in total. The van der Waals surface area contributed by atoms with Gasteiger partial charge in [-0.1, -0.05) is 30.3 Å². The van der Waals surface area contributed by atoms with Gasteiger partial charge in [0.25, 0.3) is 11.8 Å². The van der Waals surface area contributed by atoms with E-state index in [2.05, 4.69) is 4.37 Å². The number of aliphatic hydroxyl groups is 1. The van der Waals surface area contributed by atoms with Gasteiger partial charge in [-0.3, -0.25) is 9.59 Å². The summed E-state index contributed by atoms with van der Waals surface area (Å²) in [6.45, 7) is 3.61. The van der Waals surface area contributed by atoms with Crippen LogP contribution in [-0.2, 0) is 4.79 Å². The molecule has 2 aromatic rings. The molecule has 2 aliphatic rings. The predicted octanol–water partition coefficient (Wildman–Crippen LogP) is 1.47. The summed E-state index contributed by atoms with van der Waals surface area (Å²) in [4.78, 5) is 28.7. The van der Waals surface area contributed by atoms with E-state index < -0.39 is 6.10 Å². The molecule has 2 saturated heterocycles. The fourth-order valence-electron chi connectivity index (χ4n) is 3.66. The molecule has 25 heavy (non-hydrogen) atoms. The number of aliphatic hydroxyl groups excluding tert-OH is 1. The van der Waals surface area contributed by atoms with Crippen LogP contribution in [0.3, 0.4) is 0 Å². The van der Waals surface area contributed by atoms with Gasteiger partial charge in [0.15, 0.2) is 6.10 Å². The molecular formula is C18H19N3O3S. The Kier molecular flexibility index (Phi) is 4.05. The van der Waals surface area contributed by atoms with Crippen LogP contribution in [-0.4, -0.2) is 56.8 Å². The standard InChI is InChI=1S/C18H19N3O3S/c1-11-14(10-25-19-11)17(23)20-7-13-8-21(15(13)9-20)18(24)16(22)12-5-3-2-4-6-12/h2-6,10,13,15-16,22H,7-9H2,1H3/t13-,15+,16?/m0/s1. The van der Waals surface area contributed by atoms with Crippen LogP contribution >= 0.6 is 11.5 Å². The van der Waals surface area contributed by atoms with Crippen LogP contribution in [0.2, 0.25) is 0 Å². The van der Waals surface area contributed by atoms with Gasteiger partial charge in [0, 0.05) is 30.9 Å². The lowest BCUT2D eigenvalue weighted by molar-refractivity contribution is -0.150. The minimum atomic E-state index is -1.14. The minimum absolute atomic E-state index is 0.00159. The van der Waals surface area contributed by atoms with Gasteiger partial charge in [-0.2, -0.15) is 4.37 Å². The number of likely N-dealkylation sites (tertiary alicyclic amines) is 2. The van der Waals surface area contributed by atoms with E-state index in [1.807, 2.05) is 13.0 Å². The summed E-state index contributed by atoms with van der Waals surface area (Å²) in [5.41, 5.74) is 2.00. The van der Waals surface area contributed by atoms with Gasteiger partial charge < -0.3 is 14.9 Å². The lowest BCUT2D eigenvalue weighted by atomic mass is 9.90. The highest BCUT2D eigenvalue weighted by molar-refractivity contribution is 7.03. The average Bonchev–Trinajstić information content (AvgIpc) is 3.18. The van der Waals surface area contributed by atoms with E-state index in [-0.39, 0.29) is 17.9 Å². The molecule has 3 heterocycles. The second-order valence-electron chi connectivity index (χ2n) is 6.66. The number of amides is 2. The Balaban J connectivity index is 1.43. The van der Waals surface area contributed by atoms with E-state index in [1.165, 1.54) is 11.5 Å². The molecule has 2 fully saturated rings. The first-order chi connectivity index (χ1) is 12.1. The van der Waals surface area contributed by atoms with E-state index >= 15 is 0 Å². The van der Waals surface area contributed by atoms with Crippen molar-refractivity contribution in [2.45, 2.75) is 19.1 Å². The normalized spacial score (nSPS) is 23.1. The summed E-state index contributed by atoms with van der Waals surface area (Å²) in [6, 6.07) is 8.95. The highest BCUT2D eigenvalue weighted by atomic mass is 32.1. The second kappa shape index (κ2) is 6.24. The van der Waals surface area contributed by atoms with Crippen LogP contribution in [0.4, 0.5) is 0 Å². The number of aryl methyl sites for hydroxylation is 1. The fourth-order valence-corrected chi connectivity index (χ4v) is 4.34. The molecule has 0 radical (unpaired) electrons. The van der Waals surface area contributed by atoms with Gasteiger partial charge >= 0.3 is 0 Å². The molecule has 0 spiro atoms. The van der Waals surface area contributed by atoms with Crippen molar-refractivity contribution in [3.05, 3.63) is 52.5 Å². The first-order valence-electron chi connectivity index (χ1n) is 8.30. The number of carbonyl (C=O) groups is 2. The lowest BCUT2D eigenvalue weighted by Gasteiger charge is -2.44. The quantitative estimate of drug-likeness (QED) is 0.903. The number of benzene rings is 1. The van der Waals surface area contributed by atoms with Crippen LogP contribution < -0.4 is 0 Å². The number of aromatic nitrogens is 1. The molecule has 0 bridgehead atoms. The van der Waals surface area contributed by atoms with Gasteiger partial charge in [-0.15, -0.1) is 0 Å². The third kappa shape index (κ3) is 2.73. The van der Waals surface area contributed by atoms with E-state index in [0.717, 1.165) is 5.69 Å². The molecule has 1 N–H and O–H groups in total. The first-order valence-corrected chi connectivity index (χ1v) is 9.13. The number of rotatable bonds is 3. The van der Waals surface area contributed by atoms with Crippen molar-refractivity contribution < 1.29 is 14.7 Å². The maximum absolute atomic E-state index is 12.6. The minimum Gasteiger partial charge on any atom is -0.378 e. The van der Waals surface area contributed by atoms with E-state index in [0.29, 0.717) is 36.7 Å². The Bertz CT molecular complexity index is 807. The SMILES string of the molecule is Cc1nscc1C(=O)N1C[C@H]2CN(C(=O)C(O)c3ccccc3)[C@@H]2C1. The molecule has 130 valence electrons. The highest BCUT2D eigenvalue weighted by Gasteiger charge is 2.50. The van der Waals surface area contributed by atoms with E-state index in [1.54, 1.807) is 39.4 Å². The smallest absolute Gasteiger partial charge is 0.256 e. The van der Waals surface area contributed by atoms with Gasteiger partial charge in [0.1, 0.15) is 0 Å². The molecule has 3 atom stereocenters. The molecular weight excluding hydrogens is 338 g/mol. The third-order valence-electron chi connectivity index (χ3n) is 5.14. The third-order valence-corrected chi connectivity index (χ3v) is 5.86. The summed E-state index contributed by atoms with van der Waals surface area (Å²) in [7, 11) is 0. The topological polar surface area (TPSA) is 73.7 Å². The summed E-state index contributed by atoms with van der Waals surface area (Å²) < 4.78 is 4.16. The molecule has 7 heteroatoms. The van der Waals surface area contributed by atoms with Crippen molar-refractivity contribution in [2.24, 2.45) is 5.92 Å². The molecule has 0 aliphatic carbocycles. The van der Waals surface area contributed by atoms with Crippen molar-refractivity contribution in [3.63, 3.8) is 0 Å². The molecule has 1 aromatic heterocycles. The zero-order valence-electron chi connectivity index (χ0n) is 13.8. The first kappa shape index (κ1) is 16.2. The van der Waals surface area contributed by atoms with Crippen molar-refractivity contribution in [3.8, 4) is 0 Å². The van der Waals surface area contributed by atoms with Crippen LogP contribution in [0.15, 0.2) is 35.7 Å². The van der Waals surface area contributed by atoms with Crippen molar-refractivity contribution in [1.29, 1.82) is 0 Å². The average molecular weight is 357 g/mol. The number of nitrogens with zero attached hydrogens (tertiary/aromatic N) is 3. The largest absolute Gasteiger partial charge is 0.378 e. The van der Waals surface area contributed by atoms with Crippen molar-refractivity contribution in [2.75, 3.05) is 19.6 Å². The number of carbonyl (C=O) groups excluding carboxylic acids is 2. The molecule has 1 aromatic carbocycles. The Hall–Kier alpha value is -2.25. The Morgan fingerprint density at radius 2 is 2.00 bits per heavy atom. The van der Waals surface area contributed by atoms with Gasteiger partial charge in [0.2, 0.25) is 0 Å². The van der Waals surface area contributed by atoms with Gasteiger partial charge in [-0.05, 0) is 24.0 Å². The highest BCUT2D eigenvalue weighted by Crippen LogP contribution is 2.35. The molecule has 0 saturated carbocycles. The molecule has 1 unspecified atom stereocenters. The van der Waals surface area contributed by atoms with Gasteiger partial charge in [-0.25, -0.2) is 0 Å². The number of hydrogen-bond acceptors (Lipinski definition) is 5. The van der Waals surface area contributed by atoms with Crippen molar-refractivity contribution >= 4 is 23.3 Å². The molecule has 2 amide bonds. The zero-order chi connectivity index (χ0) is 17.6. The van der Waals surface area contributed by atoms with Crippen LogP contribution in [0.5, 0.6) is 0 Å². The maximum atomic E-state index is 12.6. The van der Waals surface area contributed by atoms with Gasteiger partial charge in [0.05, 0.1) is 17.3 Å². The Morgan fingerprint density at radius 3 is 2.68 bits per heavy atom. The van der Waals surface area contributed by atoms with Crippen LogP contribution in [0.25, 0.3) is 0 Å². The summed E-state index contributed by atoms with van der Waals surface area (Å²) in [5.74, 6) is -0.00504. The van der Waals surface area contributed by atoms with Crippen molar-refractivity contribution in [1.82, 2.24) is 14.2 Å². The summed E-state index contributed by atoms with van der Waals surface area (Å²) in [5, 5.41) is 12.1. The van der Waals surface area contributed by atoms with E-state index in [4.69, 9.17) is 0 Å². The number of fused-ring (bicyclic) bond motifs is 1. The van der Waals surface area contributed by atoms with Crippen LogP contribution in [0, 0.1) is 12.8 Å². The molecule has 2 aliphatic heterocycles. The fraction of sp³-hybridized carbons (Fsp3) is 0.389. The zero-order valence-corrected chi connectivity index (χ0v) is 14.6. The monoisotopic (exact) mass is 357 g/mol. The second-order valence-corrected chi connectivity index (χ2v) is 7.28. The number of hydrogen-bond donors (Lipinski definition) is 1. The van der Waals surface area contributed by atoms with E-state index in [9.17, 15) is 14.7 Å². The van der Waals surface area contributed by atoms with Crippen LogP contribution in [0.1, 0.15) is 27.7 Å². The lowest BCUT2D eigenvalue weighted by Crippen LogP contribution is -2.59. The molecule has 4 rings (SSSR count).